The number of rotatable bonds is 10. The number of nitrogens with one attached hydrogen (secondary N) is 2. The summed E-state index contributed by atoms with van der Waals surface area (Å²) < 4.78 is 81.9. The van der Waals surface area contributed by atoms with Crippen LogP contribution >= 0.6 is 0 Å². The highest BCUT2D eigenvalue weighted by Crippen LogP contribution is 2.31. The molecule has 2 N–H and O–H groups in total. The third-order valence-corrected chi connectivity index (χ3v) is 4.77. The molecule has 0 heterocycles. The molecule has 0 bridgehead atoms. The van der Waals surface area contributed by atoms with E-state index in [-0.39, 0.29) is 42.9 Å². The third-order valence-electron chi connectivity index (χ3n) is 4.77. The number of hydrogen-bond donors (Lipinski definition) is 2. The largest absolute Gasteiger partial charge is 0.573 e. The first-order valence-corrected chi connectivity index (χ1v) is 10.3. The maximum Gasteiger partial charge on any atom is 0.573 e. The fourth-order valence-electron chi connectivity index (χ4n) is 3.30. The van der Waals surface area contributed by atoms with Gasteiger partial charge in [-0.05, 0) is 30.0 Å². The van der Waals surface area contributed by atoms with Gasteiger partial charge in [0.15, 0.2) is 0 Å². The topological polar surface area (TPSA) is 33.3 Å². The molecule has 0 spiro atoms. The van der Waals surface area contributed by atoms with E-state index in [1.54, 1.807) is 43.3 Å². The molecule has 1 atom stereocenters. The smallest absolute Gasteiger partial charge is 0.405 e. The normalized spacial score (nSPS) is 13.4. The van der Waals surface area contributed by atoms with Crippen LogP contribution in [0.5, 0.6) is 5.75 Å². The SMILES string of the molecule is CC(C)NCc1cccc(CC(C)NCc2ccccc2CC(F)(F)F)c1OC(F)(F)F. The summed E-state index contributed by atoms with van der Waals surface area (Å²) >= 11 is 0. The van der Waals surface area contributed by atoms with Gasteiger partial charge >= 0.3 is 12.5 Å². The minimum Gasteiger partial charge on any atom is -0.405 e. The van der Waals surface area contributed by atoms with E-state index < -0.39 is 19.0 Å². The molecule has 0 saturated heterocycles. The minimum absolute atomic E-state index is 0.0785. The van der Waals surface area contributed by atoms with Crippen molar-refractivity contribution in [3.63, 3.8) is 0 Å². The van der Waals surface area contributed by atoms with Crippen molar-refractivity contribution in [1.29, 1.82) is 0 Å². The van der Waals surface area contributed by atoms with Crippen LogP contribution in [0.2, 0.25) is 0 Å². The second-order valence-electron chi connectivity index (χ2n) is 8.04. The van der Waals surface area contributed by atoms with Gasteiger partial charge in [0.05, 0.1) is 6.42 Å². The Hall–Kier alpha value is -2.26. The van der Waals surface area contributed by atoms with E-state index in [1.807, 2.05) is 13.8 Å². The summed E-state index contributed by atoms with van der Waals surface area (Å²) in [7, 11) is 0. The lowest BCUT2D eigenvalue weighted by atomic mass is 10.0. The first-order valence-electron chi connectivity index (χ1n) is 10.3. The fraction of sp³-hybridized carbons (Fsp3) is 0.478. The Morgan fingerprint density at radius 2 is 1.31 bits per heavy atom. The van der Waals surface area contributed by atoms with E-state index in [0.717, 1.165) is 0 Å². The maximum absolute atomic E-state index is 13.0. The molecule has 3 nitrogen and oxygen atoms in total. The van der Waals surface area contributed by atoms with Crippen molar-refractivity contribution in [3.05, 3.63) is 64.7 Å². The van der Waals surface area contributed by atoms with Crippen molar-refractivity contribution in [2.24, 2.45) is 0 Å². The van der Waals surface area contributed by atoms with Crippen LogP contribution in [-0.2, 0) is 25.9 Å². The summed E-state index contributed by atoms with van der Waals surface area (Å²) in [6.45, 7) is 5.91. The predicted octanol–water partition coefficient (Wildman–Crippen LogP) is 5.91. The molecule has 0 radical (unpaired) electrons. The average Bonchev–Trinajstić information content (AvgIpc) is 2.65. The number of para-hydroxylation sites is 1. The van der Waals surface area contributed by atoms with Crippen molar-refractivity contribution in [1.82, 2.24) is 10.6 Å². The molecule has 2 aromatic rings. The first kappa shape index (κ1) is 26.0. The van der Waals surface area contributed by atoms with Crippen molar-refractivity contribution in [2.75, 3.05) is 0 Å². The van der Waals surface area contributed by atoms with E-state index in [2.05, 4.69) is 15.4 Å². The maximum atomic E-state index is 13.0. The van der Waals surface area contributed by atoms with E-state index in [1.165, 1.54) is 6.07 Å². The van der Waals surface area contributed by atoms with Gasteiger partial charge in [-0.2, -0.15) is 13.2 Å². The lowest BCUT2D eigenvalue weighted by Gasteiger charge is -2.21. The van der Waals surface area contributed by atoms with Crippen molar-refractivity contribution in [2.45, 2.75) is 71.3 Å². The fourth-order valence-corrected chi connectivity index (χ4v) is 3.30. The number of hydrogen-bond acceptors (Lipinski definition) is 3. The summed E-state index contributed by atoms with van der Waals surface area (Å²) in [5.41, 5.74) is 1.42. The Bertz CT molecular complexity index is 864. The zero-order valence-electron chi connectivity index (χ0n) is 18.2. The zero-order valence-corrected chi connectivity index (χ0v) is 18.2. The van der Waals surface area contributed by atoms with E-state index in [9.17, 15) is 26.3 Å². The van der Waals surface area contributed by atoms with Gasteiger partial charge in [0.2, 0.25) is 0 Å². The highest BCUT2D eigenvalue weighted by atomic mass is 19.4. The van der Waals surface area contributed by atoms with Crippen LogP contribution in [0.15, 0.2) is 42.5 Å². The highest BCUT2D eigenvalue weighted by Gasteiger charge is 2.33. The van der Waals surface area contributed by atoms with E-state index in [0.29, 0.717) is 16.7 Å². The number of ether oxygens (including phenoxy) is 1. The summed E-state index contributed by atoms with van der Waals surface area (Å²) in [5, 5.41) is 6.20. The molecule has 1 unspecified atom stereocenters. The molecule has 2 rings (SSSR count). The second kappa shape index (κ2) is 11.0. The van der Waals surface area contributed by atoms with Crippen LogP contribution in [0.4, 0.5) is 26.3 Å². The van der Waals surface area contributed by atoms with Gasteiger partial charge in [-0.25, -0.2) is 0 Å². The first-order chi connectivity index (χ1) is 14.8. The molecule has 0 aliphatic rings. The molecule has 0 aromatic heterocycles. The predicted molar refractivity (Wildman–Crippen MR) is 111 cm³/mol. The zero-order chi connectivity index (χ0) is 23.9. The van der Waals surface area contributed by atoms with Gasteiger partial charge in [-0.1, -0.05) is 56.3 Å². The summed E-state index contributed by atoms with van der Waals surface area (Å²) in [4.78, 5) is 0. The van der Waals surface area contributed by atoms with Gasteiger partial charge < -0.3 is 15.4 Å². The van der Waals surface area contributed by atoms with Crippen LogP contribution in [-0.4, -0.2) is 24.6 Å². The second-order valence-corrected chi connectivity index (χ2v) is 8.04. The molecule has 0 fully saturated rings. The summed E-state index contributed by atoms with van der Waals surface area (Å²) in [6, 6.07) is 10.8. The van der Waals surface area contributed by atoms with Crippen LogP contribution in [0.25, 0.3) is 0 Å². The Kier molecular flexibility index (Phi) is 8.98. The molecule has 32 heavy (non-hydrogen) atoms. The molecule has 178 valence electrons. The van der Waals surface area contributed by atoms with Crippen LogP contribution < -0.4 is 15.4 Å². The van der Waals surface area contributed by atoms with Crippen molar-refractivity contribution >= 4 is 0 Å². The average molecular weight is 462 g/mol. The molecule has 0 saturated carbocycles. The Morgan fingerprint density at radius 3 is 1.91 bits per heavy atom. The van der Waals surface area contributed by atoms with Gasteiger partial charge in [-0.3, -0.25) is 0 Å². The standard InChI is InChI=1S/C23H28F6N2O/c1-15(2)30-14-20-10-6-9-17(21(20)32-23(27,28)29)11-16(3)31-13-19-8-5-4-7-18(19)12-22(24,25)26/h4-10,15-16,30-31H,11-14H2,1-3H3. The number of halogens is 6. The number of benzene rings is 2. The lowest BCUT2D eigenvalue weighted by Crippen LogP contribution is -2.29. The quantitative estimate of drug-likeness (QED) is 0.431. The van der Waals surface area contributed by atoms with Gasteiger partial charge in [0.25, 0.3) is 0 Å². The van der Waals surface area contributed by atoms with Gasteiger partial charge in [0, 0.05) is 30.7 Å². The molecule has 9 heteroatoms. The molecular formula is C23H28F6N2O. The molecule has 0 aliphatic carbocycles. The van der Waals surface area contributed by atoms with Crippen molar-refractivity contribution < 1.29 is 31.1 Å². The van der Waals surface area contributed by atoms with Crippen molar-refractivity contribution in [3.8, 4) is 5.75 Å². The van der Waals surface area contributed by atoms with Crippen LogP contribution in [0.1, 0.15) is 43.0 Å². The van der Waals surface area contributed by atoms with Gasteiger partial charge in [0.1, 0.15) is 5.75 Å². The Labute approximate surface area is 184 Å². The Morgan fingerprint density at radius 1 is 0.750 bits per heavy atom. The third kappa shape index (κ3) is 9.08. The van der Waals surface area contributed by atoms with Gasteiger partial charge in [-0.15, -0.1) is 13.2 Å². The molecule has 2 aromatic carbocycles. The summed E-state index contributed by atoms with van der Waals surface area (Å²) in [5.74, 6) is -0.237. The number of alkyl halides is 6. The highest BCUT2D eigenvalue weighted by molar-refractivity contribution is 5.42. The lowest BCUT2D eigenvalue weighted by molar-refractivity contribution is -0.275. The molecular weight excluding hydrogens is 434 g/mol. The van der Waals surface area contributed by atoms with E-state index in [4.69, 9.17) is 0 Å². The van der Waals surface area contributed by atoms with E-state index >= 15 is 0 Å². The van der Waals surface area contributed by atoms with Crippen LogP contribution in [0.3, 0.4) is 0 Å². The molecule has 0 aliphatic heterocycles. The van der Waals surface area contributed by atoms with Crippen LogP contribution in [0, 0.1) is 0 Å². The Balaban J connectivity index is 2.14. The summed E-state index contributed by atoms with van der Waals surface area (Å²) in [6.07, 6.45) is -9.98. The monoisotopic (exact) mass is 462 g/mol. The molecule has 0 amide bonds. The minimum atomic E-state index is -4.84.